The van der Waals surface area contributed by atoms with E-state index in [1.807, 2.05) is 31.2 Å². The number of carbonyl (C=O) groups is 1. The SMILES string of the molecule is Cc1ccc(OCC(=O)N/N=C\c2ccncc2)cc1. The third-order valence-corrected chi connectivity index (χ3v) is 2.50. The van der Waals surface area contributed by atoms with Crippen LogP contribution in [0.1, 0.15) is 11.1 Å². The van der Waals surface area contributed by atoms with Gasteiger partial charge >= 0.3 is 0 Å². The third kappa shape index (κ3) is 4.53. The van der Waals surface area contributed by atoms with Crippen LogP contribution in [-0.2, 0) is 4.79 Å². The lowest BCUT2D eigenvalue weighted by molar-refractivity contribution is -0.123. The predicted molar refractivity (Wildman–Crippen MR) is 76.6 cm³/mol. The average molecular weight is 269 g/mol. The molecule has 0 radical (unpaired) electrons. The van der Waals surface area contributed by atoms with Gasteiger partial charge in [0, 0.05) is 12.4 Å². The van der Waals surface area contributed by atoms with Crippen LogP contribution in [0.15, 0.2) is 53.9 Å². The van der Waals surface area contributed by atoms with Gasteiger partial charge in [-0.3, -0.25) is 9.78 Å². The minimum atomic E-state index is -0.309. The molecule has 0 saturated carbocycles. The van der Waals surface area contributed by atoms with E-state index in [0.717, 1.165) is 11.1 Å². The van der Waals surface area contributed by atoms with Crippen molar-refractivity contribution >= 4 is 12.1 Å². The summed E-state index contributed by atoms with van der Waals surface area (Å²) in [5.74, 6) is 0.347. The smallest absolute Gasteiger partial charge is 0.277 e. The van der Waals surface area contributed by atoms with E-state index < -0.39 is 0 Å². The quantitative estimate of drug-likeness (QED) is 0.666. The summed E-state index contributed by atoms with van der Waals surface area (Å²) in [7, 11) is 0. The van der Waals surface area contributed by atoms with Gasteiger partial charge in [0.2, 0.25) is 0 Å². The van der Waals surface area contributed by atoms with Crippen molar-refractivity contribution in [3.63, 3.8) is 0 Å². The fourth-order valence-electron chi connectivity index (χ4n) is 1.44. The first kappa shape index (κ1) is 13.7. The van der Waals surface area contributed by atoms with E-state index in [-0.39, 0.29) is 12.5 Å². The Hall–Kier alpha value is -2.69. The number of benzene rings is 1. The molecule has 2 aromatic rings. The van der Waals surface area contributed by atoms with Crippen LogP contribution < -0.4 is 10.2 Å². The molecule has 0 saturated heterocycles. The van der Waals surface area contributed by atoms with Gasteiger partial charge in [-0.1, -0.05) is 17.7 Å². The number of hydrazone groups is 1. The van der Waals surface area contributed by atoms with Crippen molar-refractivity contribution in [2.45, 2.75) is 6.92 Å². The van der Waals surface area contributed by atoms with Crippen molar-refractivity contribution in [3.05, 3.63) is 59.9 Å². The van der Waals surface area contributed by atoms with Crippen molar-refractivity contribution in [2.24, 2.45) is 5.10 Å². The Balaban J connectivity index is 1.76. The van der Waals surface area contributed by atoms with E-state index >= 15 is 0 Å². The first-order valence-electron chi connectivity index (χ1n) is 6.15. The molecule has 0 aliphatic heterocycles. The first-order chi connectivity index (χ1) is 9.74. The molecule has 0 aliphatic rings. The molecule has 5 nitrogen and oxygen atoms in total. The zero-order valence-electron chi connectivity index (χ0n) is 11.1. The number of pyridine rings is 1. The highest BCUT2D eigenvalue weighted by Crippen LogP contribution is 2.10. The zero-order chi connectivity index (χ0) is 14.2. The van der Waals surface area contributed by atoms with Crippen LogP contribution in [0.2, 0.25) is 0 Å². The summed E-state index contributed by atoms with van der Waals surface area (Å²) in [6.45, 7) is 1.92. The molecule has 0 fully saturated rings. The monoisotopic (exact) mass is 269 g/mol. The van der Waals surface area contributed by atoms with Crippen molar-refractivity contribution in [1.82, 2.24) is 10.4 Å². The molecule has 0 aliphatic carbocycles. The largest absolute Gasteiger partial charge is 0.484 e. The summed E-state index contributed by atoms with van der Waals surface area (Å²) in [5, 5.41) is 3.84. The number of nitrogens with one attached hydrogen (secondary N) is 1. The van der Waals surface area contributed by atoms with E-state index in [4.69, 9.17) is 4.74 Å². The standard InChI is InChI=1S/C15H15N3O2/c1-12-2-4-14(5-3-12)20-11-15(19)18-17-10-13-6-8-16-9-7-13/h2-10H,11H2,1H3,(H,18,19)/b17-10-. The summed E-state index contributed by atoms with van der Waals surface area (Å²) in [6, 6.07) is 11.1. The van der Waals surface area contributed by atoms with Crippen LogP contribution >= 0.6 is 0 Å². The zero-order valence-corrected chi connectivity index (χ0v) is 11.1. The summed E-state index contributed by atoms with van der Waals surface area (Å²) in [5.41, 5.74) is 4.40. The fraction of sp³-hybridized carbons (Fsp3) is 0.133. The van der Waals surface area contributed by atoms with E-state index in [1.54, 1.807) is 30.7 Å². The lowest BCUT2D eigenvalue weighted by Crippen LogP contribution is -2.24. The summed E-state index contributed by atoms with van der Waals surface area (Å²) in [4.78, 5) is 15.4. The number of rotatable bonds is 5. The number of ether oxygens (including phenoxy) is 1. The molecule has 102 valence electrons. The van der Waals surface area contributed by atoms with Gasteiger partial charge in [-0.25, -0.2) is 5.43 Å². The Kier molecular flexibility index (Phi) is 4.83. The molecule has 0 bridgehead atoms. The maximum absolute atomic E-state index is 11.5. The Bertz CT molecular complexity index is 580. The van der Waals surface area contributed by atoms with Crippen LogP contribution in [-0.4, -0.2) is 23.7 Å². The number of aromatic nitrogens is 1. The van der Waals surface area contributed by atoms with E-state index in [9.17, 15) is 4.79 Å². The van der Waals surface area contributed by atoms with Crippen molar-refractivity contribution in [2.75, 3.05) is 6.61 Å². The molecule has 1 aromatic heterocycles. The van der Waals surface area contributed by atoms with Gasteiger partial charge in [-0.15, -0.1) is 0 Å². The minimum absolute atomic E-state index is 0.0727. The van der Waals surface area contributed by atoms with Gasteiger partial charge in [-0.2, -0.15) is 5.10 Å². The second kappa shape index (κ2) is 7.04. The van der Waals surface area contributed by atoms with Gasteiger partial charge in [-0.05, 0) is 36.8 Å². The van der Waals surface area contributed by atoms with E-state index in [0.29, 0.717) is 5.75 Å². The lowest BCUT2D eigenvalue weighted by atomic mass is 10.2. The van der Waals surface area contributed by atoms with Crippen molar-refractivity contribution in [3.8, 4) is 5.75 Å². The molecular weight excluding hydrogens is 254 g/mol. The Morgan fingerprint density at radius 3 is 2.65 bits per heavy atom. The molecule has 1 heterocycles. The molecule has 0 atom stereocenters. The number of hydrogen-bond donors (Lipinski definition) is 1. The van der Waals surface area contributed by atoms with Crippen LogP contribution in [0.4, 0.5) is 0 Å². The van der Waals surface area contributed by atoms with Gasteiger partial charge in [0.1, 0.15) is 5.75 Å². The van der Waals surface area contributed by atoms with Crippen LogP contribution in [0.3, 0.4) is 0 Å². The predicted octanol–water partition coefficient (Wildman–Crippen LogP) is 1.92. The summed E-state index contributed by atoms with van der Waals surface area (Å²) < 4.78 is 5.33. The van der Waals surface area contributed by atoms with E-state index in [1.165, 1.54) is 0 Å². The summed E-state index contributed by atoms with van der Waals surface area (Å²) in [6.07, 6.45) is 4.86. The maximum Gasteiger partial charge on any atom is 0.277 e. The lowest BCUT2D eigenvalue weighted by Gasteiger charge is -2.04. The van der Waals surface area contributed by atoms with Gasteiger partial charge < -0.3 is 4.74 Å². The molecule has 0 spiro atoms. The number of amides is 1. The molecule has 1 aromatic carbocycles. The highest BCUT2D eigenvalue weighted by molar-refractivity contribution is 5.82. The average Bonchev–Trinajstić information content (AvgIpc) is 2.48. The molecule has 5 heteroatoms. The van der Waals surface area contributed by atoms with E-state index in [2.05, 4.69) is 15.5 Å². The van der Waals surface area contributed by atoms with Gasteiger partial charge in [0.25, 0.3) is 5.91 Å². The number of hydrogen-bond acceptors (Lipinski definition) is 4. The van der Waals surface area contributed by atoms with Crippen molar-refractivity contribution < 1.29 is 9.53 Å². The van der Waals surface area contributed by atoms with Gasteiger partial charge in [0.05, 0.1) is 6.21 Å². The Morgan fingerprint density at radius 2 is 1.95 bits per heavy atom. The maximum atomic E-state index is 11.5. The molecule has 2 rings (SSSR count). The second-order valence-electron chi connectivity index (χ2n) is 4.18. The molecule has 0 unspecified atom stereocenters. The van der Waals surface area contributed by atoms with Crippen LogP contribution in [0.5, 0.6) is 5.75 Å². The molecule has 20 heavy (non-hydrogen) atoms. The second-order valence-corrected chi connectivity index (χ2v) is 4.18. The number of nitrogens with zero attached hydrogens (tertiary/aromatic N) is 2. The minimum Gasteiger partial charge on any atom is -0.484 e. The number of carbonyl (C=O) groups excluding carboxylic acids is 1. The normalized spacial score (nSPS) is 10.4. The third-order valence-electron chi connectivity index (χ3n) is 2.50. The van der Waals surface area contributed by atoms with Crippen LogP contribution in [0, 0.1) is 6.92 Å². The Morgan fingerprint density at radius 1 is 1.25 bits per heavy atom. The van der Waals surface area contributed by atoms with Crippen LogP contribution in [0.25, 0.3) is 0 Å². The van der Waals surface area contributed by atoms with Gasteiger partial charge in [0.15, 0.2) is 6.61 Å². The summed E-state index contributed by atoms with van der Waals surface area (Å²) >= 11 is 0. The highest BCUT2D eigenvalue weighted by Gasteiger charge is 2.00. The van der Waals surface area contributed by atoms with Crippen molar-refractivity contribution in [1.29, 1.82) is 0 Å². The topological polar surface area (TPSA) is 63.6 Å². The molecule has 1 N–H and O–H groups in total. The highest BCUT2D eigenvalue weighted by atomic mass is 16.5. The first-order valence-corrected chi connectivity index (χ1v) is 6.15. The fourth-order valence-corrected chi connectivity index (χ4v) is 1.44. The number of aryl methyl sites for hydroxylation is 1. The Labute approximate surface area is 117 Å². The molecular formula is C15H15N3O2. The molecule has 1 amide bonds.